The van der Waals surface area contributed by atoms with E-state index in [1.807, 2.05) is 12.1 Å². The first kappa shape index (κ1) is 15.3. The first-order valence-corrected chi connectivity index (χ1v) is 9.02. The molecule has 124 valence electrons. The summed E-state index contributed by atoms with van der Waals surface area (Å²) < 4.78 is 2.42. The van der Waals surface area contributed by atoms with Gasteiger partial charge < -0.3 is 10.3 Å². The monoisotopic (exact) mass is 320 g/mol. The second-order valence-corrected chi connectivity index (χ2v) is 7.07. The molecule has 3 nitrogen and oxygen atoms in total. The molecule has 2 aromatic carbocycles. The highest BCUT2D eigenvalue weighted by Crippen LogP contribution is 2.36. The summed E-state index contributed by atoms with van der Waals surface area (Å²) in [5.41, 5.74) is 10.0. The number of nitrogens with two attached hydrogens (primary N) is 1. The van der Waals surface area contributed by atoms with E-state index in [0.717, 1.165) is 41.6 Å². The number of hydrogen-bond acceptors (Lipinski definition) is 1. The zero-order valence-corrected chi connectivity index (χ0v) is 14.2. The predicted molar refractivity (Wildman–Crippen MR) is 99.3 cm³/mol. The lowest BCUT2D eigenvalue weighted by molar-refractivity contribution is 0.100. The van der Waals surface area contributed by atoms with Gasteiger partial charge in [0.2, 0.25) is 5.91 Å². The molecule has 1 fully saturated rings. The summed E-state index contributed by atoms with van der Waals surface area (Å²) in [5, 5.41) is 2.17. The van der Waals surface area contributed by atoms with Gasteiger partial charge in [0.15, 0.2) is 0 Å². The topological polar surface area (TPSA) is 48.0 Å². The van der Waals surface area contributed by atoms with E-state index in [4.69, 9.17) is 5.73 Å². The molecule has 1 aliphatic rings. The molecule has 1 amide bonds. The summed E-state index contributed by atoms with van der Waals surface area (Å²) in [6.45, 7) is 3.25. The van der Waals surface area contributed by atoms with E-state index in [1.54, 1.807) is 0 Å². The van der Waals surface area contributed by atoms with Crippen LogP contribution in [0.15, 0.2) is 36.4 Å². The van der Waals surface area contributed by atoms with Gasteiger partial charge >= 0.3 is 0 Å². The average molecular weight is 320 g/mol. The number of hydrogen-bond donors (Lipinski definition) is 1. The second-order valence-electron chi connectivity index (χ2n) is 7.07. The number of benzene rings is 2. The molecule has 24 heavy (non-hydrogen) atoms. The first-order chi connectivity index (χ1) is 11.7. The van der Waals surface area contributed by atoms with Gasteiger partial charge in [0.05, 0.1) is 0 Å². The van der Waals surface area contributed by atoms with Crippen LogP contribution < -0.4 is 5.73 Å². The lowest BCUT2D eigenvalue weighted by Crippen LogP contribution is -2.18. The summed E-state index contributed by atoms with van der Waals surface area (Å²) in [7, 11) is 0. The molecule has 3 aromatic rings. The summed E-state index contributed by atoms with van der Waals surface area (Å²) in [6, 6.07) is 12.6. The van der Waals surface area contributed by atoms with Crippen molar-refractivity contribution in [1.82, 2.24) is 4.57 Å². The van der Waals surface area contributed by atoms with E-state index in [0.29, 0.717) is 5.56 Å². The van der Waals surface area contributed by atoms with E-state index >= 15 is 0 Å². The molecule has 0 spiro atoms. The summed E-state index contributed by atoms with van der Waals surface area (Å²) in [6.07, 6.45) is 6.19. The predicted octanol–water partition coefficient (Wildman–Crippen LogP) is 4.65. The Hall–Kier alpha value is -2.29. The molecule has 0 saturated heterocycles. The molecule has 1 aliphatic carbocycles. The van der Waals surface area contributed by atoms with Crippen LogP contribution in [-0.2, 0) is 13.0 Å². The van der Waals surface area contributed by atoms with Crippen LogP contribution in [0.2, 0.25) is 0 Å². The van der Waals surface area contributed by atoms with Gasteiger partial charge in [-0.25, -0.2) is 0 Å². The number of nitrogens with zero attached hydrogens (tertiary/aromatic N) is 1. The lowest BCUT2D eigenvalue weighted by Gasteiger charge is -2.26. The fourth-order valence-electron chi connectivity index (χ4n) is 3.97. The Morgan fingerprint density at radius 1 is 1.21 bits per heavy atom. The Kier molecular flexibility index (Phi) is 3.79. The lowest BCUT2D eigenvalue weighted by atomic mass is 9.85. The van der Waals surface area contributed by atoms with Crippen LogP contribution in [0.5, 0.6) is 0 Å². The van der Waals surface area contributed by atoms with Gasteiger partial charge in [0.1, 0.15) is 0 Å². The Morgan fingerprint density at radius 3 is 2.71 bits per heavy atom. The van der Waals surface area contributed by atoms with Gasteiger partial charge in [-0.2, -0.15) is 0 Å². The molecule has 4 rings (SSSR count). The maximum absolute atomic E-state index is 11.9. The van der Waals surface area contributed by atoms with Gasteiger partial charge in [-0.1, -0.05) is 38.0 Å². The number of fused-ring (bicyclic) bond motifs is 3. The fraction of sp³-hybridized carbons (Fsp3) is 0.381. The van der Waals surface area contributed by atoms with Crippen molar-refractivity contribution in [1.29, 1.82) is 0 Å². The molecule has 0 aliphatic heterocycles. The maximum Gasteiger partial charge on any atom is 0.249 e. The molecule has 1 heterocycles. The highest BCUT2D eigenvalue weighted by molar-refractivity contribution is 6.17. The van der Waals surface area contributed by atoms with Crippen molar-refractivity contribution in [3.63, 3.8) is 0 Å². The number of carbonyl (C=O) groups excluding carboxylic acids is 1. The molecule has 1 saturated carbocycles. The van der Waals surface area contributed by atoms with E-state index in [2.05, 4.69) is 35.8 Å². The Bertz CT molecular complexity index is 918. The van der Waals surface area contributed by atoms with E-state index in [1.165, 1.54) is 30.3 Å². The molecule has 0 bridgehead atoms. The number of carbonyl (C=O) groups is 1. The van der Waals surface area contributed by atoms with Gasteiger partial charge in [-0.05, 0) is 48.9 Å². The normalized spacial score (nSPS) is 15.0. The maximum atomic E-state index is 11.9. The van der Waals surface area contributed by atoms with Crippen molar-refractivity contribution in [3.8, 4) is 0 Å². The third-order valence-corrected chi connectivity index (χ3v) is 5.43. The number of aryl methyl sites for hydroxylation is 1. The van der Waals surface area contributed by atoms with Crippen LogP contribution in [0.4, 0.5) is 0 Å². The van der Waals surface area contributed by atoms with E-state index in [9.17, 15) is 4.79 Å². The summed E-state index contributed by atoms with van der Waals surface area (Å²) >= 11 is 0. The van der Waals surface area contributed by atoms with Crippen LogP contribution in [0.1, 0.15) is 48.5 Å². The molecule has 0 radical (unpaired) electrons. The van der Waals surface area contributed by atoms with Crippen molar-refractivity contribution in [2.45, 2.75) is 45.6 Å². The van der Waals surface area contributed by atoms with Crippen molar-refractivity contribution >= 4 is 27.7 Å². The van der Waals surface area contributed by atoms with Gasteiger partial charge in [-0.3, -0.25) is 4.79 Å². The smallest absolute Gasteiger partial charge is 0.249 e. The fourth-order valence-corrected chi connectivity index (χ4v) is 3.97. The largest absolute Gasteiger partial charge is 0.366 e. The van der Waals surface area contributed by atoms with Crippen molar-refractivity contribution in [3.05, 3.63) is 47.5 Å². The second kappa shape index (κ2) is 5.97. The van der Waals surface area contributed by atoms with Crippen LogP contribution >= 0.6 is 0 Å². The molecular weight excluding hydrogens is 296 g/mol. The van der Waals surface area contributed by atoms with Gasteiger partial charge in [0.25, 0.3) is 0 Å². The molecule has 1 aromatic heterocycles. The van der Waals surface area contributed by atoms with Crippen molar-refractivity contribution in [2.75, 3.05) is 0 Å². The molecule has 2 N–H and O–H groups in total. The third kappa shape index (κ3) is 2.39. The molecule has 0 unspecified atom stereocenters. The minimum Gasteiger partial charge on any atom is -0.366 e. The Morgan fingerprint density at radius 2 is 2.04 bits per heavy atom. The van der Waals surface area contributed by atoms with E-state index in [-0.39, 0.29) is 5.91 Å². The quantitative estimate of drug-likeness (QED) is 0.731. The summed E-state index contributed by atoms with van der Waals surface area (Å²) in [4.78, 5) is 11.9. The van der Waals surface area contributed by atoms with Crippen LogP contribution in [-0.4, -0.2) is 10.5 Å². The number of rotatable bonds is 5. The average Bonchev–Trinajstić information content (AvgIpc) is 2.84. The first-order valence-electron chi connectivity index (χ1n) is 9.02. The van der Waals surface area contributed by atoms with Crippen LogP contribution in [0, 0.1) is 5.92 Å². The van der Waals surface area contributed by atoms with E-state index < -0.39 is 0 Å². The Labute approximate surface area is 142 Å². The number of primary amides is 1. The molecule has 0 atom stereocenters. The van der Waals surface area contributed by atoms with Crippen LogP contribution in [0.3, 0.4) is 0 Å². The third-order valence-electron chi connectivity index (χ3n) is 5.43. The van der Waals surface area contributed by atoms with Gasteiger partial charge in [-0.15, -0.1) is 0 Å². The van der Waals surface area contributed by atoms with Gasteiger partial charge in [0, 0.05) is 33.9 Å². The standard InChI is InChI=1S/C21H24N2O/c1-2-5-14-10-11-16-19(12-14)23(13-15-6-3-7-15)18-9-4-8-17(20(16)18)21(22)24/h4,8-12,15H,2-3,5-7,13H2,1H3,(H2,22,24). The number of amides is 1. The zero-order chi connectivity index (χ0) is 16.7. The van der Waals surface area contributed by atoms with Crippen molar-refractivity contribution < 1.29 is 4.79 Å². The SMILES string of the molecule is CCCc1ccc2c3c(C(N)=O)cccc3n(CC3CCC3)c2c1. The minimum absolute atomic E-state index is 0.346. The summed E-state index contributed by atoms with van der Waals surface area (Å²) in [5.74, 6) is 0.414. The molecule has 3 heteroatoms. The molecular formula is C21H24N2O. The minimum atomic E-state index is -0.346. The van der Waals surface area contributed by atoms with Crippen molar-refractivity contribution in [2.24, 2.45) is 11.7 Å². The zero-order valence-electron chi connectivity index (χ0n) is 14.2. The highest BCUT2D eigenvalue weighted by Gasteiger charge is 2.22. The Balaban J connectivity index is 2.00. The highest BCUT2D eigenvalue weighted by atomic mass is 16.1. The number of aromatic nitrogens is 1. The van der Waals surface area contributed by atoms with Crippen LogP contribution in [0.25, 0.3) is 21.8 Å².